The number of carbonyl (C=O) groups is 6. The molecule has 3 heterocycles. The van der Waals surface area contributed by atoms with Crippen LogP contribution in [0.25, 0.3) is 27.5 Å². The lowest BCUT2D eigenvalue weighted by molar-refractivity contribution is 0.0425. The van der Waals surface area contributed by atoms with Crippen LogP contribution in [0.2, 0.25) is 0 Å². The van der Waals surface area contributed by atoms with E-state index in [-0.39, 0.29) is 73.0 Å². The van der Waals surface area contributed by atoms with E-state index in [1.807, 2.05) is 146 Å². The zero-order chi connectivity index (χ0) is 64.1. The van der Waals surface area contributed by atoms with Crippen molar-refractivity contribution in [1.82, 2.24) is 4.57 Å². The molecule has 0 fully saturated rings. The van der Waals surface area contributed by atoms with Gasteiger partial charge in [0.1, 0.15) is 62.6 Å². The quantitative estimate of drug-likeness (QED) is 0.0424. The third-order valence-electron chi connectivity index (χ3n) is 16.4. The summed E-state index contributed by atoms with van der Waals surface area (Å²) in [6.07, 6.45) is 0. The van der Waals surface area contributed by atoms with Crippen molar-refractivity contribution in [2.75, 3.05) is 0 Å². The SMILES string of the molecule is O=C(OCc1ccccc1)c1ccc2c(c1)Oc1cc(-n3c4cc(C(=O)OCc5ccccc5)c(C(=O)OCc5ccccc5)cc4c4cc(C(=O)OCc5ccccc5)c(C(=O)OCc5ccccc5)cc43)cc3c1B2c1ccc(C(=O)OCc2ccccc2)cc1O3. The van der Waals surface area contributed by atoms with Crippen LogP contribution in [0.5, 0.6) is 23.0 Å². The van der Waals surface area contributed by atoms with Crippen LogP contribution < -0.4 is 25.9 Å². The van der Waals surface area contributed by atoms with Gasteiger partial charge >= 0.3 is 35.8 Å². The minimum atomic E-state index is -0.857. The number of hydrogen-bond donors (Lipinski definition) is 0. The minimum Gasteiger partial charge on any atom is -0.458 e. The number of nitrogens with zero attached hydrogens (tertiary/aromatic N) is 1. The topological polar surface area (TPSA) is 181 Å². The van der Waals surface area contributed by atoms with Crippen molar-refractivity contribution in [1.29, 1.82) is 0 Å². The van der Waals surface area contributed by atoms with Crippen molar-refractivity contribution in [3.8, 4) is 28.7 Å². The number of ether oxygens (including phenoxy) is 8. The molecule has 15 nitrogen and oxygen atoms in total. The highest BCUT2D eigenvalue weighted by molar-refractivity contribution is 6.98. The Balaban J connectivity index is 0.964. The van der Waals surface area contributed by atoms with Crippen molar-refractivity contribution < 1.29 is 66.7 Å². The van der Waals surface area contributed by atoms with Crippen molar-refractivity contribution >= 4 is 80.7 Å². The standard InChI is InChI=1S/C78H54BNO14/c81-73(87-43-49-19-7-1-8-20-49)55-31-33-64-68(35-55)93-70-37-57(38-71-72(70)79(64)65-34-32-56(36-69(65)94-71)74(82)88-44-50-21-9-2-10-22-50)80-66-41-62(77(85)91-47-53-27-15-5-16-28-53)60(75(83)89-45-51-23-11-3-12-24-51)39-58(66)59-40-61(76(84)90-46-52-25-13-4-14-26-52)63(42-67(59)80)78(86)92-48-54-29-17-6-18-30-54/h1-42H,43-48H2. The molecule has 0 unspecified atom stereocenters. The minimum absolute atomic E-state index is 0.0288. The van der Waals surface area contributed by atoms with Crippen LogP contribution in [0.4, 0.5) is 0 Å². The van der Waals surface area contributed by atoms with E-state index >= 15 is 0 Å². The van der Waals surface area contributed by atoms with Gasteiger partial charge in [-0.25, -0.2) is 28.8 Å². The zero-order valence-corrected chi connectivity index (χ0v) is 50.2. The first-order chi connectivity index (χ1) is 46.1. The second-order valence-electron chi connectivity index (χ2n) is 22.5. The molecule has 2 aliphatic heterocycles. The van der Waals surface area contributed by atoms with Crippen LogP contribution in [-0.2, 0) is 68.1 Å². The molecule has 0 amide bonds. The lowest BCUT2D eigenvalue weighted by Gasteiger charge is -2.33. The highest BCUT2D eigenvalue weighted by Crippen LogP contribution is 2.42. The van der Waals surface area contributed by atoms with Gasteiger partial charge in [-0.15, -0.1) is 0 Å². The van der Waals surface area contributed by atoms with Crippen molar-refractivity contribution in [3.05, 3.63) is 322 Å². The Bertz CT molecular complexity index is 4610. The monoisotopic (exact) mass is 1240 g/mol. The lowest BCUT2D eigenvalue weighted by Crippen LogP contribution is -2.57. The third-order valence-corrected chi connectivity index (χ3v) is 16.4. The summed E-state index contributed by atoms with van der Waals surface area (Å²) in [6.45, 7) is -1.10. The molecule has 94 heavy (non-hydrogen) atoms. The van der Waals surface area contributed by atoms with E-state index in [9.17, 15) is 28.8 Å². The number of carbonyl (C=O) groups excluding carboxylic acids is 6. The van der Waals surface area contributed by atoms with Crippen molar-refractivity contribution in [3.63, 3.8) is 0 Å². The fourth-order valence-corrected chi connectivity index (χ4v) is 11.7. The molecule has 0 N–H and O–H groups in total. The summed E-state index contributed by atoms with van der Waals surface area (Å²) in [5.41, 5.74) is 7.06. The van der Waals surface area contributed by atoms with Gasteiger partial charge in [0, 0.05) is 28.4 Å². The zero-order valence-electron chi connectivity index (χ0n) is 50.2. The first-order valence-electron chi connectivity index (χ1n) is 30.3. The van der Waals surface area contributed by atoms with Gasteiger partial charge in [0.15, 0.2) is 0 Å². The molecule has 0 saturated heterocycles. The number of fused-ring (bicyclic) bond motifs is 7. The molecule has 12 aromatic rings. The molecule has 0 saturated carbocycles. The van der Waals surface area contributed by atoms with Crippen LogP contribution in [0, 0.1) is 0 Å². The van der Waals surface area contributed by atoms with E-state index in [1.165, 1.54) is 24.3 Å². The normalized spacial score (nSPS) is 11.6. The Hall–Kier alpha value is -12.3. The first-order valence-corrected chi connectivity index (χ1v) is 30.3. The molecule has 0 radical (unpaired) electrons. The van der Waals surface area contributed by atoms with Gasteiger partial charge in [0.05, 0.1) is 50.1 Å². The highest BCUT2D eigenvalue weighted by atomic mass is 16.6. The van der Waals surface area contributed by atoms with E-state index in [2.05, 4.69) is 0 Å². The fraction of sp³-hybridized carbons (Fsp3) is 0.0769. The van der Waals surface area contributed by atoms with Gasteiger partial charge in [0.25, 0.3) is 6.71 Å². The molecule has 1 aromatic heterocycles. The maximum absolute atomic E-state index is 14.9. The molecular weight excluding hydrogens is 1190 g/mol. The van der Waals surface area contributed by atoms with Crippen LogP contribution in [0.1, 0.15) is 95.5 Å². The Labute approximate surface area is 539 Å². The molecule has 0 atom stereocenters. The summed E-state index contributed by atoms with van der Waals surface area (Å²) in [5.74, 6) is -3.37. The van der Waals surface area contributed by atoms with Gasteiger partial charge in [-0.05, 0) is 92.8 Å². The van der Waals surface area contributed by atoms with Gasteiger partial charge in [-0.3, -0.25) is 0 Å². The summed E-state index contributed by atoms with van der Waals surface area (Å²) in [4.78, 5) is 87.1. The van der Waals surface area contributed by atoms with Crippen molar-refractivity contribution in [2.24, 2.45) is 0 Å². The fourth-order valence-electron chi connectivity index (χ4n) is 11.7. The van der Waals surface area contributed by atoms with Crippen LogP contribution in [0.15, 0.2) is 255 Å². The van der Waals surface area contributed by atoms with E-state index in [1.54, 1.807) is 89.5 Å². The average Bonchev–Trinajstić information content (AvgIpc) is 1.31. The Morgan fingerprint density at radius 3 is 0.872 bits per heavy atom. The molecule has 16 heteroatoms. The van der Waals surface area contributed by atoms with Gasteiger partial charge in [-0.1, -0.05) is 194 Å². The number of aromatic nitrogens is 1. The molecule has 2 aliphatic rings. The van der Waals surface area contributed by atoms with E-state index in [4.69, 9.17) is 37.9 Å². The molecule has 0 bridgehead atoms. The second kappa shape index (κ2) is 26.3. The molecular formula is C78H54BNO14. The van der Waals surface area contributed by atoms with Crippen molar-refractivity contribution in [2.45, 2.75) is 39.6 Å². The van der Waals surface area contributed by atoms with Gasteiger partial charge in [-0.2, -0.15) is 0 Å². The smallest absolute Gasteiger partial charge is 0.339 e. The summed E-state index contributed by atoms with van der Waals surface area (Å²) < 4.78 is 51.2. The predicted octanol–water partition coefficient (Wildman–Crippen LogP) is 13.7. The summed E-state index contributed by atoms with van der Waals surface area (Å²) in [5, 5.41) is 0.670. The first kappa shape index (κ1) is 59.3. The van der Waals surface area contributed by atoms with Crippen LogP contribution >= 0.6 is 0 Å². The number of hydrogen-bond acceptors (Lipinski definition) is 14. The van der Waals surface area contributed by atoms with Crippen LogP contribution in [-0.4, -0.2) is 47.1 Å². The Morgan fingerprint density at radius 1 is 0.298 bits per heavy atom. The largest absolute Gasteiger partial charge is 0.458 e. The second-order valence-corrected chi connectivity index (χ2v) is 22.5. The lowest BCUT2D eigenvalue weighted by atomic mass is 9.35. The van der Waals surface area contributed by atoms with Gasteiger partial charge in [0.2, 0.25) is 0 Å². The summed E-state index contributed by atoms with van der Waals surface area (Å²) >= 11 is 0. The molecule has 11 aromatic carbocycles. The number of benzene rings is 11. The maximum Gasteiger partial charge on any atom is 0.339 e. The average molecular weight is 1240 g/mol. The Morgan fingerprint density at radius 2 is 0.574 bits per heavy atom. The number of esters is 6. The molecule has 0 aliphatic carbocycles. The Kier molecular flexibility index (Phi) is 16.6. The van der Waals surface area contributed by atoms with E-state index < -0.39 is 42.5 Å². The summed E-state index contributed by atoms with van der Waals surface area (Å²) in [7, 11) is 0. The molecule has 458 valence electrons. The van der Waals surface area contributed by atoms with E-state index in [0.29, 0.717) is 89.1 Å². The third kappa shape index (κ3) is 12.4. The molecule has 14 rings (SSSR count). The molecule has 0 spiro atoms. The van der Waals surface area contributed by atoms with E-state index in [0.717, 1.165) is 11.1 Å². The van der Waals surface area contributed by atoms with Gasteiger partial charge < -0.3 is 42.5 Å². The summed E-state index contributed by atoms with van der Waals surface area (Å²) in [6, 6.07) is 74.8. The highest BCUT2D eigenvalue weighted by Gasteiger charge is 2.42. The predicted molar refractivity (Wildman–Crippen MR) is 352 cm³/mol. The number of rotatable bonds is 19. The van der Waals surface area contributed by atoms with Crippen LogP contribution in [0.3, 0.4) is 0 Å². The maximum atomic E-state index is 14.9.